The standard InChI is InChI=1S/C15H18BrNO4/c1-10(20-2)4-9-13(15(19)21-3)17-14(18)11-5-7-12(16)8-6-11/h5-8,13H,1,4,9H2,2-3H3,(H,17,18)/t13-/m0/s1. The van der Waals surface area contributed by atoms with E-state index in [1.54, 1.807) is 24.3 Å². The molecule has 0 unspecified atom stereocenters. The lowest BCUT2D eigenvalue weighted by Crippen LogP contribution is -2.41. The highest BCUT2D eigenvalue weighted by molar-refractivity contribution is 9.10. The summed E-state index contributed by atoms with van der Waals surface area (Å²) in [6, 6.07) is 6.12. The summed E-state index contributed by atoms with van der Waals surface area (Å²) in [6.07, 6.45) is 0.818. The average molecular weight is 356 g/mol. The minimum atomic E-state index is -0.738. The average Bonchev–Trinajstić information content (AvgIpc) is 2.50. The number of hydrogen-bond donors (Lipinski definition) is 1. The van der Waals surface area contributed by atoms with Gasteiger partial charge in [-0.2, -0.15) is 0 Å². The van der Waals surface area contributed by atoms with E-state index in [0.717, 1.165) is 4.47 Å². The van der Waals surface area contributed by atoms with E-state index in [1.807, 2.05) is 0 Å². The third kappa shape index (κ3) is 5.59. The molecule has 0 heterocycles. The van der Waals surface area contributed by atoms with Crippen LogP contribution in [0.2, 0.25) is 0 Å². The van der Waals surface area contributed by atoms with Gasteiger partial charge in [0, 0.05) is 16.5 Å². The van der Waals surface area contributed by atoms with E-state index >= 15 is 0 Å². The number of allylic oxidation sites excluding steroid dienone is 1. The summed E-state index contributed by atoms with van der Waals surface area (Å²) in [5, 5.41) is 2.66. The number of ether oxygens (including phenoxy) is 2. The molecule has 0 aromatic heterocycles. The zero-order chi connectivity index (χ0) is 15.8. The molecule has 0 aliphatic rings. The maximum atomic E-state index is 12.1. The number of halogens is 1. The van der Waals surface area contributed by atoms with Crippen molar-refractivity contribution in [3.05, 3.63) is 46.6 Å². The Morgan fingerprint density at radius 1 is 1.24 bits per heavy atom. The van der Waals surface area contributed by atoms with Crippen LogP contribution in [0.4, 0.5) is 0 Å². The Hall–Kier alpha value is -1.82. The first-order valence-corrected chi connectivity index (χ1v) is 7.13. The first kappa shape index (κ1) is 17.2. The maximum Gasteiger partial charge on any atom is 0.328 e. The van der Waals surface area contributed by atoms with E-state index in [2.05, 4.69) is 27.8 Å². The van der Waals surface area contributed by atoms with Gasteiger partial charge in [-0.15, -0.1) is 0 Å². The molecular weight excluding hydrogens is 338 g/mol. The Morgan fingerprint density at radius 3 is 2.38 bits per heavy atom. The minimum Gasteiger partial charge on any atom is -0.502 e. The molecule has 1 rings (SSSR count). The molecular formula is C15H18BrNO4. The molecule has 1 amide bonds. The van der Waals surface area contributed by atoms with E-state index in [0.29, 0.717) is 24.2 Å². The molecule has 0 fully saturated rings. The molecule has 0 spiro atoms. The van der Waals surface area contributed by atoms with Crippen molar-refractivity contribution in [3.63, 3.8) is 0 Å². The normalized spacial score (nSPS) is 11.4. The van der Waals surface area contributed by atoms with Crippen LogP contribution in [0.15, 0.2) is 41.1 Å². The van der Waals surface area contributed by atoms with Gasteiger partial charge in [-0.3, -0.25) is 4.79 Å². The van der Waals surface area contributed by atoms with Gasteiger partial charge in [0.1, 0.15) is 6.04 Å². The number of nitrogens with one attached hydrogen (secondary N) is 1. The Bertz CT molecular complexity index is 513. The molecule has 1 atom stereocenters. The third-order valence-corrected chi connectivity index (χ3v) is 3.43. The van der Waals surface area contributed by atoms with Crippen LogP contribution in [0.25, 0.3) is 0 Å². The number of carbonyl (C=O) groups is 2. The monoisotopic (exact) mass is 355 g/mol. The van der Waals surface area contributed by atoms with Gasteiger partial charge < -0.3 is 14.8 Å². The number of rotatable bonds is 7. The molecule has 5 nitrogen and oxygen atoms in total. The van der Waals surface area contributed by atoms with E-state index in [-0.39, 0.29) is 5.91 Å². The molecule has 0 aliphatic heterocycles. The van der Waals surface area contributed by atoms with Crippen molar-refractivity contribution in [1.82, 2.24) is 5.32 Å². The number of benzene rings is 1. The molecule has 1 aromatic carbocycles. The van der Waals surface area contributed by atoms with Crippen molar-refractivity contribution < 1.29 is 19.1 Å². The van der Waals surface area contributed by atoms with Gasteiger partial charge in [0.25, 0.3) is 5.91 Å². The van der Waals surface area contributed by atoms with E-state index in [1.165, 1.54) is 14.2 Å². The molecule has 0 radical (unpaired) electrons. The fraction of sp³-hybridized carbons (Fsp3) is 0.333. The molecule has 114 valence electrons. The fourth-order valence-electron chi connectivity index (χ4n) is 1.64. The number of esters is 1. The number of hydrogen-bond acceptors (Lipinski definition) is 4. The lowest BCUT2D eigenvalue weighted by atomic mass is 10.1. The third-order valence-electron chi connectivity index (χ3n) is 2.90. The molecule has 0 saturated heterocycles. The summed E-state index contributed by atoms with van der Waals surface area (Å²) in [4.78, 5) is 23.8. The van der Waals surface area contributed by atoms with Crippen molar-refractivity contribution in [2.24, 2.45) is 0 Å². The predicted octanol–water partition coefficient (Wildman–Crippen LogP) is 2.66. The van der Waals surface area contributed by atoms with Crippen molar-refractivity contribution in [3.8, 4) is 0 Å². The Kier molecular flexibility index (Phi) is 6.94. The quantitative estimate of drug-likeness (QED) is 0.603. The van der Waals surface area contributed by atoms with Crippen molar-refractivity contribution in [2.45, 2.75) is 18.9 Å². The van der Waals surface area contributed by atoms with Crippen LogP contribution in [-0.4, -0.2) is 32.1 Å². The topological polar surface area (TPSA) is 64.6 Å². The van der Waals surface area contributed by atoms with E-state index in [9.17, 15) is 9.59 Å². The SMILES string of the molecule is C=C(CC[C@H](NC(=O)c1ccc(Br)cc1)C(=O)OC)OC. The van der Waals surface area contributed by atoms with Gasteiger partial charge in [0.15, 0.2) is 0 Å². The van der Waals surface area contributed by atoms with Crippen LogP contribution in [0.1, 0.15) is 23.2 Å². The summed E-state index contributed by atoms with van der Waals surface area (Å²) in [5.74, 6) is -0.285. The summed E-state index contributed by atoms with van der Waals surface area (Å²) in [6.45, 7) is 3.69. The summed E-state index contributed by atoms with van der Waals surface area (Å²) in [7, 11) is 2.79. The van der Waals surface area contributed by atoms with Crippen molar-refractivity contribution >= 4 is 27.8 Å². The lowest BCUT2D eigenvalue weighted by molar-refractivity contribution is -0.143. The van der Waals surface area contributed by atoms with Crippen molar-refractivity contribution in [1.29, 1.82) is 0 Å². The fourth-order valence-corrected chi connectivity index (χ4v) is 1.91. The van der Waals surface area contributed by atoms with Crippen LogP contribution in [-0.2, 0) is 14.3 Å². The Labute approximate surface area is 132 Å². The summed E-state index contributed by atoms with van der Waals surface area (Å²) >= 11 is 3.30. The molecule has 1 aromatic rings. The maximum absolute atomic E-state index is 12.1. The zero-order valence-electron chi connectivity index (χ0n) is 12.0. The predicted molar refractivity (Wildman–Crippen MR) is 82.8 cm³/mol. The van der Waals surface area contributed by atoms with Crippen LogP contribution in [0.5, 0.6) is 0 Å². The molecule has 0 aliphatic carbocycles. The van der Waals surface area contributed by atoms with Gasteiger partial charge in [-0.25, -0.2) is 4.79 Å². The van der Waals surface area contributed by atoms with Gasteiger partial charge in [0.2, 0.25) is 0 Å². The lowest BCUT2D eigenvalue weighted by Gasteiger charge is -2.17. The van der Waals surface area contributed by atoms with Crippen LogP contribution in [0, 0.1) is 0 Å². The first-order valence-electron chi connectivity index (χ1n) is 6.34. The second-order valence-electron chi connectivity index (χ2n) is 4.34. The summed E-state index contributed by atoms with van der Waals surface area (Å²) in [5.41, 5.74) is 0.470. The highest BCUT2D eigenvalue weighted by atomic mass is 79.9. The molecule has 21 heavy (non-hydrogen) atoms. The van der Waals surface area contributed by atoms with Gasteiger partial charge in [-0.05, 0) is 30.7 Å². The van der Waals surface area contributed by atoms with E-state index < -0.39 is 12.0 Å². The molecule has 0 bridgehead atoms. The van der Waals surface area contributed by atoms with Crippen LogP contribution < -0.4 is 5.32 Å². The minimum absolute atomic E-state index is 0.332. The number of methoxy groups -OCH3 is 2. The molecule has 6 heteroatoms. The molecule has 0 saturated carbocycles. The first-order chi connectivity index (χ1) is 9.97. The van der Waals surface area contributed by atoms with Crippen molar-refractivity contribution in [2.75, 3.05) is 14.2 Å². The molecule has 1 N–H and O–H groups in total. The number of carbonyl (C=O) groups excluding carboxylic acids is 2. The highest BCUT2D eigenvalue weighted by Crippen LogP contribution is 2.12. The Balaban J connectivity index is 2.71. The smallest absolute Gasteiger partial charge is 0.328 e. The second-order valence-corrected chi connectivity index (χ2v) is 5.25. The van der Waals surface area contributed by atoms with Gasteiger partial charge in [0.05, 0.1) is 20.0 Å². The largest absolute Gasteiger partial charge is 0.502 e. The van der Waals surface area contributed by atoms with Gasteiger partial charge >= 0.3 is 5.97 Å². The summed E-state index contributed by atoms with van der Waals surface area (Å²) < 4.78 is 10.5. The zero-order valence-corrected chi connectivity index (χ0v) is 13.6. The van der Waals surface area contributed by atoms with Gasteiger partial charge in [-0.1, -0.05) is 22.5 Å². The van der Waals surface area contributed by atoms with Crippen LogP contribution in [0.3, 0.4) is 0 Å². The van der Waals surface area contributed by atoms with Crippen LogP contribution >= 0.6 is 15.9 Å². The Morgan fingerprint density at radius 2 is 1.86 bits per heavy atom. The van der Waals surface area contributed by atoms with E-state index in [4.69, 9.17) is 9.47 Å². The second kappa shape index (κ2) is 8.46. The highest BCUT2D eigenvalue weighted by Gasteiger charge is 2.22. The number of amides is 1.